The summed E-state index contributed by atoms with van der Waals surface area (Å²) in [5.74, 6) is 0.701. The first-order valence-corrected chi connectivity index (χ1v) is 5.65. The fourth-order valence-electron chi connectivity index (χ4n) is 1.69. The largest absolute Gasteiger partial charge is 0.411 e. The molecule has 0 aromatic rings. The molecule has 15 heavy (non-hydrogen) atoms. The molecule has 4 heteroatoms. The lowest BCUT2D eigenvalue weighted by molar-refractivity contribution is -0.132. The quantitative estimate of drug-likeness (QED) is 0.573. The maximum Gasteiger partial charge on any atom is 0.222 e. The molecule has 0 radical (unpaired) electrons. The first-order chi connectivity index (χ1) is 7.17. The molecule has 1 amide bonds. The second kappa shape index (κ2) is 5.73. The van der Waals surface area contributed by atoms with Gasteiger partial charge in [-0.2, -0.15) is 0 Å². The third kappa shape index (κ3) is 3.53. The van der Waals surface area contributed by atoms with Gasteiger partial charge in [0.25, 0.3) is 0 Å². The molecular weight excluding hydrogens is 192 g/mol. The summed E-state index contributed by atoms with van der Waals surface area (Å²) in [6.07, 6.45) is 3.11. The van der Waals surface area contributed by atoms with Gasteiger partial charge in [-0.05, 0) is 5.92 Å². The minimum atomic E-state index is 0.237. The number of rotatable bonds is 3. The maximum absolute atomic E-state index is 11.8. The molecule has 0 aliphatic carbocycles. The summed E-state index contributed by atoms with van der Waals surface area (Å²) in [6.45, 7) is 5.61. The van der Waals surface area contributed by atoms with Crippen LogP contribution < -0.4 is 0 Å². The van der Waals surface area contributed by atoms with Crippen molar-refractivity contribution in [1.82, 2.24) is 4.90 Å². The van der Waals surface area contributed by atoms with Gasteiger partial charge in [0.2, 0.25) is 5.91 Å². The molecule has 1 N–H and O–H groups in total. The van der Waals surface area contributed by atoms with Crippen LogP contribution in [0.3, 0.4) is 0 Å². The molecular formula is C11H20N2O2. The SMILES string of the molecule is CCC(C)CC(=O)N1CCC(=NO)CC1. The van der Waals surface area contributed by atoms with E-state index in [9.17, 15) is 4.79 Å². The normalized spacial score (nSPS) is 18.8. The Labute approximate surface area is 90.9 Å². The molecule has 4 nitrogen and oxygen atoms in total. The average molecular weight is 212 g/mol. The zero-order valence-corrected chi connectivity index (χ0v) is 9.57. The van der Waals surface area contributed by atoms with Crippen molar-refractivity contribution in [2.75, 3.05) is 13.1 Å². The summed E-state index contributed by atoms with van der Waals surface area (Å²) in [6, 6.07) is 0. The van der Waals surface area contributed by atoms with Gasteiger partial charge in [-0.25, -0.2) is 0 Å². The van der Waals surface area contributed by atoms with Gasteiger partial charge >= 0.3 is 0 Å². The number of oxime groups is 1. The number of carbonyl (C=O) groups is 1. The highest BCUT2D eigenvalue weighted by atomic mass is 16.4. The highest BCUT2D eigenvalue weighted by Gasteiger charge is 2.20. The number of carbonyl (C=O) groups excluding carboxylic acids is 1. The highest BCUT2D eigenvalue weighted by Crippen LogP contribution is 2.13. The van der Waals surface area contributed by atoms with Crippen molar-refractivity contribution in [3.8, 4) is 0 Å². The lowest BCUT2D eigenvalue weighted by atomic mass is 10.0. The molecule has 1 heterocycles. The number of amides is 1. The van der Waals surface area contributed by atoms with E-state index in [1.54, 1.807) is 0 Å². The van der Waals surface area contributed by atoms with Gasteiger partial charge in [-0.1, -0.05) is 25.4 Å². The molecule has 1 saturated heterocycles. The molecule has 1 aliphatic rings. The topological polar surface area (TPSA) is 52.9 Å². The molecule has 1 atom stereocenters. The zero-order valence-electron chi connectivity index (χ0n) is 9.57. The van der Waals surface area contributed by atoms with E-state index >= 15 is 0 Å². The van der Waals surface area contributed by atoms with E-state index in [2.05, 4.69) is 19.0 Å². The Bertz CT molecular complexity index is 241. The summed E-state index contributed by atoms with van der Waals surface area (Å²) in [7, 11) is 0. The van der Waals surface area contributed by atoms with Crippen molar-refractivity contribution in [1.29, 1.82) is 0 Å². The van der Waals surface area contributed by atoms with Crippen LogP contribution in [0.4, 0.5) is 0 Å². The monoisotopic (exact) mass is 212 g/mol. The second-order valence-corrected chi connectivity index (χ2v) is 4.26. The number of piperidine rings is 1. The zero-order chi connectivity index (χ0) is 11.3. The molecule has 0 aromatic carbocycles. The van der Waals surface area contributed by atoms with Crippen molar-refractivity contribution in [3.63, 3.8) is 0 Å². The first-order valence-electron chi connectivity index (χ1n) is 5.65. The molecule has 0 spiro atoms. The Kier molecular flexibility index (Phi) is 4.59. The van der Waals surface area contributed by atoms with Crippen LogP contribution in [0.2, 0.25) is 0 Å². The Morgan fingerprint density at radius 1 is 1.53 bits per heavy atom. The molecule has 1 unspecified atom stereocenters. The van der Waals surface area contributed by atoms with Crippen molar-refractivity contribution in [2.24, 2.45) is 11.1 Å². The van der Waals surface area contributed by atoms with E-state index < -0.39 is 0 Å². The Hall–Kier alpha value is -1.06. The van der Waals surface area contributed by atoms with E-state index in [-0.39, 0.29) is 5.91 Å². The fourth-order valence-corrected chi connectivity index (χ4v) is 1.69. The van der Waals surface area contributed by atoms with Gasteiger partial charge in [0.15, 0.2) is 0 Å². The van der Waals surface area contributed by atoms with E-state index in [1.807, 2.05) is 4.90 Å². The molecule has 1 fully saturated rings. The third-order valence-corrected chi connectivity index (χ3v) is 3.05. The fraction of sp³-hybridized carbons (Fsp3) is 0.818. The smallest absolute Gasteiger partial charge is 0.222 e. The standard InChI is InChI=1S/C11H20N2O2/c1-3-9(2)8-11(14)13-6-4-10(12-15)5-7-13/h9,15H,3-8H2,1-2H3. The number of hydrogen-bond donors (Lipinski definition) is 1. The van der Waals surface area contributed by atoms with Crippen molar-refractivity contribution in [2.45, 2.75) is 39.5 Å². The van der Waals surface area contributed by atoms with Crippen LogP contribution in [0.5, 0.6) is 0 Å². The Morgan fingerprint density at radius 3 is 2.60 bits per heavy atom. The third-order valence-electron chi connectivity index (χ3n) is 3.05. The summed E-state index contributed by atoms with van der Waals surface area (Å²) >= 11 is 0. The van der Waals surface area contributed by atoms with Crippen molar-refractivity contribution < 1.29 is 10.0 Å². The van der Waals surface area contributed by atoms with Gasteiger partial charge in [0, 0.05) is 32.4 Å². The molecule has 0 bridgehead atoms. The summed E-state index contributed by atoms with van der Waals surface area (Å²) in [5.41, 5.74) is 0.808. The molecule has 1 aliphatic heterocycles. The Balaban J connectivity index is 2.36. The van der Waals surface area contributed by atoms with E-state index in [4.69, 9.17) is 5.21 Å². The molecule has 86 valence electrons. The van der Waals surface area contributed by atoms with Crippen molar-refractivity contribution >= 4 is 11.6 Å². The van der Waals surface area contributed by atoms with Crippen LogP contribution in [-0.2, 0) is 4.79 Å². The number of hydrogen-bond acceptors (Lipinski definition) is 3. The van der Waals surface area contributed by atoms with E-state index in [0.29, 0.717) is 38.3 Å². The van der Waals surface area contributed by atoms with Gasteiger partial charge in [0.05, 0.1) is 5.71 Å². The van der Waals surface area contributed by atoms with Gasteiger partial charge in [0.1, 0.15) is 0 Å². The molecule has 0 saturated carbocycles. The van der Waals surface area contributed by atoms with E-state index in [1.165, 1.54) is 0 Å². The second-order valence-electron chi connectivity index (χ2n) is 4.26. The highest BCUT2D eigenvalue weighted by molar-refractivity contribution is 5.87. The molecule has 0 aromatic heterocycles. The van der Waals surface area contributed by atoms with Gasteiger partial charge < -0.3 is 10.1 Å². The molecule has 1 rings (SSSR count). The van der Waals surface area contributed by atoms with E-state index in [0.717, 1.165) is 12.1 Å². The van der Waals surface area contributed by atoms with Gasteiger partial charge in [-0.3, -0.25) is 4.79 Å². The van der Waals surface area contributed by atoms with Crippen LogP contribution in [0, 0.1) is 5.92 Å². The maximum atomic E-state index is 11.8. The van der Waals surface area contributed by atoms with Crippen LogP contribution in [-0.4, -0.2) is 34.8 Å². The lowest BCUT2D eigenvalue weighted by Gasteiger charge is -2.28. The Morgan fingerprint density at radius 2 is 2.13 bits per heavy atom. The predicted octanol–water partition coefficient (Wildman–Crippen LogP) is 1.88. The summed E-state index contributed by atoms with van der Waals surface area (Å²) in [5, 5.41) is 11.8. The van der Waals surface area contributed by atoms with Crippen LogP contribution in [0.25, 0.3) is 0 Å². The summed E-state index contributed by atoms with van der Waals surface area (Å²) < 4.78 is 0. The first kappa shape index (κ1) is 12.0. The average Bonchev–Trinajstić information content (AvgIpc) is 2.29. The van der Waals surface area contributed by atoms with Crippen LogP contribution >= 0.6 is 0 Å². The lowest BCUT2D eigenvalue weighted by Crippen LogP contribution is -2.39. The minimum Gasteiger partial charge on any atom is -0.411 e. The van der Waals surface area contributed by atoms with Gasteiger partial charge in [-0.15, -0.1) is 0 Å². The summed E-state index contributed by atoms with van der Waals surface area (Å²) in [4.78, 5) is 13.7. The number of likely N-dealkylation sites (tertiary alicyclic amines) is 1. The minimum absolute atomic E-state index is 0.237. The predicted molar refractivity (Wildman–Crippen MR) is 59.1 cm³/mol. The van der Waals surface area contributed by atoms with Crippen LogP contribution in [0.1, 0.15) is 39.5 Å². The van der Waals surface area contributed by atoms with Crippen molar-refractivity contribution in [3.05, 3.63) is 0 Å². The number of nitrogens with zero attached hydrogens (tertiary/aromatic N) is 2. The van der Waals surface area contributed by atoms with Crippen LogP contribution in [0.15, 0.2) is 5.16 Å².